The molecular formula is C22H25NO4S. The topological polar surface area (TPSA) is 68.5 Å². The van der Waals surface area contributed by atoms with Crippen LogP contribution in [0.25, 0.3) is 11.0 Å². The number of furan rings is 1. The highest BCUT2D eigenvalue weighted by molar-refractivity contribution is 7.88. The van der Waals surface area contributed by atoms with Crippen molar-refractivity contribution in [3.63, 3.8) is 0 Å². The van der Waals surface area contributed by atoms with Gasteiger partial charge in [0.1, 0.15) is 5.58 Å². The average Bonchev–Trinajstić information content (AvgIpc) is 3.32. The minimum atomic E-state index is -3.45. The number of benzene rings is 2. The maximum absolute atomic E-state index is 12.7. The van der Waals surface area contributed by atoms with E-state index in [1.54, 1.807) is 6.26 Å². The van der Waals surface area contributed by atoms with Gasteiger partial charge < -0.3 is 9.15 Å². The Balaban J connectivity index is 1.44. The molecular weight excluding hydrogens is 374 g/mol. The monoisotopic (exact) mass is 399 g/mol. The molecule has 1 fully saturated rings. The fourth-order valence-corrected chi connectivity index (χ4v) is 4.99. The van der Waals surface area contributed by atoms with Gasteiger partial charge in [-0.15, -0.1) is 0 Å². The van der Waals surface area contributed by atoms with Crippen molar-refractivity contribution in [2.45, 2.75) is 38.0 Å². The molecule has 28 heavy (non-hydrogen) atoms. The van der Waals surface area contributed by atoms with E-state index in [1.165, 1.54) is 0 Å². The van der Waals surface area contributed by atoms with E-state index in [2.05, 4.69) is 4.72 Å². The van der Waals surface area contributed by atoms with E-state index in [1.807, 2.05) is 49.4 Å². The standard InChI is InChI=1S/C22H25NO4S/c1-16-8-9-20(21-7-4-12-26-21)18(13-16)15-28(24,25)23-11-10-17-14-27-22-6-3-2-5-19(17)22/h2-3,5-6,8-9,13-14,21,23H,4,7,10-12,15H2,1H3. The van der Waals surface area contributed by atoms with E-state index in [9.17, 15) is 8.42 Å². The Morgan fingerprint density at radius 3 is 2.82 bits per heavy atom. The molecule has 0 aliphatic carbocycles. The molecule has 4 rings (SSSR count). The highest BCUT2D eigenvalue weighted by Gasteiger charge is 2.23. The molecule has 1 N–H and O–H groups in total. The number of sulfonamides is 1. The molecule has 3 aromatic rings. The third-order valence-electron chi connectivity index (χ3n) is 5.20. The van der Waals surface area contributed by atoms with E-state index < -0.39 is 10.0 Å². The molecule has 0 radical (unpaired) electrons. The Hall–Kier alpha value is -2.15. The molecule has 0 saturated carbocycles. The molecule has 1 aliphatic rings. The zero-order valence-electron chi connectivity index (χ0n) is 16.0. The van der Waals surface area contributed by atoms with Crippen molar-refractivity contribution in [3.05, 3.63) is 71.0 Å². The fraction of sp³-hybridized carbons (Fsp3) is 0.364. The molecule has 2 heterocycles. The van der Waals surface area contributed by atoms with Gasteiger partial charge in [-0.3, -0.25) is 0 Å². The van der Waals surface area contributed by atoms with Crippen LogP contribution < -0.4 is 4.72 Å². The summed E-state index contributed by atoms with van der Waals surface area (Å²) in [6, 6.07) is 13.8. The van der Waals surface area contributed by atoms with Crippen LogP contribution >= 0.6 is 0 Å². The van der Waals surface area contributed by atoms with Gasteiger partial charge in [0.25, 0.3) is 0 Å². The van der Waals surface area contributed by atoms with E-state index in [4.69, 9.17) is 9.15 Å². The summed E-state index contributed by atoms with van der Waals surface area (Å²) in [5, 5.41) is 1.03. The first kappa shape index (κ1) is 19.2. The number of aryl methyl sites for hydroxylation is 1. The lowest BCUT2D eigenvalue weighted by molar-refractivity contribution is 0.111. The van der Waals surface area contributed by atoms with Crippen LogP contribution in [0, 0.1) is 6.92 Å². The molecule has 2 aromatic carbocycles. The molecule has 0 spiro atoms. The first-order valence-corrected chi connectivity index (χ1v) is 11.3. The maximum Gasteiger partial charge on any atom is 0.215 e. The number of fused-ring (bicyclic) bond motifs is 1. The van der Waals surface area contributed by atoms with Gasteiger partial charge in [-0.05, 0) is 48.9 Å². The number of para-hydroxylation sites is 1. The van der Waals surface area contributed by atoms with Crippen LogP contribution in [-0.2, 0) is 26.9 Å². The second-order valence-electron chi connectivity index (χ2n) is 7.36. The summed E-state index contributed by atoms with van der Waals surface area (Å²) >= 11 is 0. The summed E-state index contributed by atoms with van der Waals surface area (Å²) in [5.41, 5.74) is 4.70. The van der Waals surface area contributed by atoms with Crippen molar-refractivity contribution in [1.29, 1.82) is 0 Å². The van der Waals surface area contributed by atoms with Crippen molar-refractivity contribution >= 4 is 21.0 Å². The third kappa shape index (κ3) is 4.29. The summed E-state index contributed by atoms with van der Waals surface area (Å²) in [6.07, 6.45) is 4.25. The summed E-state index contributed by atoms with van der Waals surface area (Å²) in [6.45, 7) is 3.06. The lowest BCUT2D eigenvalue weighted by Crippen LogP contribution is -2.27. The van der Waals surface area contributed by atoms with Gasteiger partial charge in [-0.25, -0.2) is 13.1 Å². The van der Waals surface area contributed by atoms with Gasteiger partial charge in [0.15, 0.2) is 0 Å². The summed E-state index contributed by atoms with van der Waals surface area (Å²) < 4.78 is 39.4. The second kappa shape index (κ2) is 8.07. The summed E-state index contributed by atoms with van der Waals surface area (Å²) in [5.74, 6) is -0.0317. The minimum Gasteiger partial charge on any atom is -0.464 e. The quantitative estimate of drug-likeness (QED) is 0.645. The minimum absolute atomic E-state index is 0.00287. The molecule has 1 saturated heterocycles. The number of hydrogen-bond acceptors (Lipinski definition) is 4. The smallest absolute Gasteiger partial charge is 0.215 e. The van der Waals surface area contributed by atoms with Crippen molar-refractivity contribution in [3.8, 4) is 0 Å². The Bertz CT molecular complexity index is 1070. The summed E-state index contributed by atoms with van der Waals surface area (Å²) in [7, 11) is -3.45. The Morgan fingerprint density at radius 1 is 1.14 bits per heavy atom. The van der Waals surface area contributed by atoms with E-state index in [0.29, 0.717) is 13.0 Å². The lowest BCUT2D eigenvalue weighted by atomic mass is 9.99. The van der Waals surface area contributed by atoms with Crippen molar-refractivity contribution in [2.75, 3.05) is 13.2 Å². The van der Waals surface area contributed by atoms with Gasteiger partial charge in [0.05, 0.1) is 18.1 Å². The van der Waals surface area contributed by atoms with Gasteiger partial charge in [-0.2, -0.15) is 0 Å². The van der Waals surface area contributed by atoms with Crippen LogP contribution in [0.2, 0.25) is 0 Å². The molecule has 6 heteroatoms. The lowest BCUT2D eigenvalue weighted by Gasteiger charge is -2.16. The molecule has 148 valence electrons. The van der Waals surface area contributed by atoms with Crippen LogP contribution in [0.3, 0.4) is 0 Å². The number of hydrogen-bond donors (Lipinski definition) is 1. The second-order valence-corrected chi connectivity index (χ2v) is 9.17. The molecule has 5 nitrogen and oxygen atoms in total. The van der Waals surface area contributed by atoms with Crippen molar-refractivity contribution in [1.82, 2.24) is 4.72 Å². The SMILES string of the molecule is Cc1ccc(C2CCCO2)c(CS(=O)(=O)NCCc2coc3ccccc23)c1. The van der Waals surface area contributed by atoms with Gasteiger partial charge in [0, 0.05) is 18.5 Å². The molecule has 1 aliphatic heterocycles. The van der Waals surface area contributed by atoms with E-state index in [0.717, 1.165) is 52.7 Å². The normalized spacial score (nSPS) is 17.4. The predicted molar refractivity (Wildman–Crippen MR) is 110 cm³/mol. The van der Waals surface area contributed by atoms with E-state index in [-0.39, 0.29) is 11.9 Å². The zero-order chi connectivity index (χ0) is 19.6. The molecule has 0 amide bonds. The molecule has 1 atom stereocenters. The number of ether oxygens (including phenoxy) is 1. The average molecular weight is 400 g/mol. The maximum atomic E-state index is 12.7. The van der Waals surface area contributed by atoms with Gasteiger partial charge >= 0.3 is 0 Å². The van der Waals surface area contributed by atoms with Crippen molar-refractivity contribution in [2.24, 2.45) is 0 Å². The Kier molecular flexibility index (Phi) is 5.53. The van der Waals surface area contributed by atoms with E-state index >= 15 is 0 Å². The van der Waals surface area contributed by atoms with Crippen LogP contribution in [0.4, 0.5) is 0 Å². The Labute approximate surface area is 165 Å². The summed E-state index contributed by atoms with van der Waals surface area (Å²) in [4.78, 5) is 0. The van der Waals surface area contributed by atoms with Crippen LogP contribution in [0.1, 0.15) is 41.2 Å². The molecule has 1 unspecified atom stereocenters. The third-order valence-corrected chi connectivity index (χ3v) is 6.53. The zero-order valence-corrected chi connectivity index (χ0v) is 16.8. The first-order chi connectivity index (χ1) is 13.5. The molecule has 0 bridgehead atoms. The largest absolute Gasteiger partial charge is 0.464 e. The van der Waals surface area contributed by atoms with Crippen molar-refractivity contribution < 1.29 is 17.6 Å². The highest BCUT2D eigenvalue weighted by Crippen LogP contribution is 2.32. The number of nitrogens with one attached hydrogen (secondary N) is 1. The van der Waals surface area contributed by atoms with Crippen LogP contribution in [-0.4, -0.2) is 21.6 Å². The highest BCUT2D eigenvalue weighted by atomic mass is 32.2. The fourth-order valence-electron chi connectivity index (χ4n) is 3.82. The Morgan fingerprint density at radius 2 is 2.00 bits per heavy atom. The van der Waals surface area contributed by atoms with Crippen LogP contribution in [0.5, 0.6) is 0 Å². The number of rotatable bonds is 7. The predicted octanol–water partition coefficient (Wildman–Crippen LogP) is 4.25. The molecule has 1 aromatic heterocycles. The van der Waals surface area contributed by atoms with Gasteiger partial charge in [-0.1, -0.05) is 42.0 Å². The van der Waals surface area contributed by atoms with Crippen LogP contribution in [0.15, 0.2) is 53.1 Å². The van der Waals surface area contributed by atoms with Gasteiger partial charge in [0.2, 0.25) is 10.0 Å². The first-order valence-electron chi connectivity index (χ1n) is 9.65.